The lowest BCUT2D eigenvalue weighted by Gasteiger charge is -2.25. The Kier molecular flexibility index (Phi) is 5.78. The molecule has 2 aromatic rings. The van der Waals surface area contributed by atoms with Crippen LogP contribution >= 0.6 is 22.9 Å². The lowest BCUT2D eigenvalue weighted by Crippen LogP contribution is -2.42. The Morgan fingerprint density at radius 3 is 2.81 bits per heavy atom. The van der Waals surface area contributed by atoms with E-state index in [0.29, 0.717) is 42.0 Å². The van der Waals surface area contributed by atoms with Gasteiger partial charge in [-0.1, -0.05) is 17.7 Å². The van der Waals surface area contributed by atoms with Crippen molar-refractivity contribution in [2.24, 2.45) is 0 Å². The third kappa shape index (κ3) is 4.15. The van der Waals surface area contributed by atoms with Crippen molar-refractivity contribution in [1.82, 2.24) is 15.2 Å². The molecule has 0 atom stereocenters. The number of aromatic nitrogens is 1. The fourth-order valence-corrected chi connectivity index (χ4v) is 4.58. The highest BCUT2D eigenvalue weighted by Crippen LogP contribution is 2.23. The first-order valence-corrected chi connectivity index (χ1v) is 10.5. The van der Waals surface area contributed by atoms with Crippen molar-refractivity contribution in [3.05, 3.63) is 39.9 Å². The number of halogens is 1. The second kappa shape index (κ2) is 7.89. The van der Waals surface area contributed by atoms with Gasteiger partial charge >= 0.3 is 0 Å². The molecule has 26 heavy (non-hydrogen) atoms. The molecule has 8 nitrogen and oxygen atoms in total. The van der Waals surface area contributed by atoms with E-state index in [1.165, 1.54) is 23.5 Å². The Morgan fingerprint density at radius 1 is 1.35 bits per heavy atom. The number of sulfonamides is 1. The third-order valence-electron chi connectivity index (χ3n) is 3.81. The van der Waals surface area contributed by atoms with Crippen LogP contribution in [0.4, 0.5) is 5.13 Å². The normalized spacial score (nSPS) is 15.1. The zero-order valence-electron chi connectivity index (χ0n) is 13.9. The average Bonchev–Trinajstić information content (AvgIpc) is 3.13. The Balaban J connectivity index is 1.67. The number of ether oxygens (including phenoxy) is 1. The van der Waals surface area contributed by atoms with Crippen LogP contribution in [0.2, 0.25) is 5.02 Å². The molecule has 2 heterocycles. The lowest BCUT2D eigenvalue weighted by atomic mass is 10.2. The fraction of sp³-hybridized carbons (Fsp3) is 0.333. The van der Waals surface area contributed by atoms with Crippen LogP contribution in [0.15, 0.2) is 28.5 Å². The molecule has 0 aliphatic carbocycles. The molecule has 2 N–H and O–H groups in total. The number of hydrogen-bond acceptors (Lipinski definition) is 7. The summed E-state index contributed by atoms with van der Waals surface area (Å²) in [5.41, 5.74) is 2.72. The van der Waals surface area contributed by atoms with Gasteiger partial charge in [0, 0.05) is 23.5 Å². The number of carbonyl (C=O) groups excluding carboxylic acids is 1. The maximum Gasteiger partial charge on any atom is 0.285 e. The zero-order chi connectivity index (χ0) is 18.7. The van der Waals surface area contributed by atoms with Gasteiger partial charge in [0.2, 0.25) is 0 Å². The number of thiazole rings is 1. The summed E-state index contributed by atoms with van der Waals surface area (Å²) in [5.74, 6) is -0.635. The van der Waals surface area contributed by atoms with Gasteiger partial charge < -0.3 is 9.64 Å². The molecule has 11 heteroatoms. The number of benzene rings is 1. The molecule has 1 saturated heterocycles. The van der Waals surface area contributed by atoms with E-state index in [1.54, 1.807) is 18.4 Å². The number of morpholine rings is 1. The maximum atomic E-state index is 12.4. The summed E-state index contributed by atoms with van der Waals surface area (Å²) in [7, 11) is -3.95. The number of anilines is 1. The topological polar surface area (TPSA) is 101 Å². The first kappa shape index (κ1) is 19.1. The van der Waals surface area contributed by atoms with Crippen LogP contribution in [-0.4, -0.2) is 45.6 Å². The average molecular weight is 417 g/mol. The van der Waals surface area contributed by atoms with Crippen LogP contribution < -0.4 is 15.2 Å². The summed E-state index contributed by atoms with van der Waals surface area (Å²) in [4.78, 5) is 20.6. The molecule has 0 spiro atoms. The van der Waals surface area contributed by atoms with Gasteiger partial charge in [0.05, 0.1) is 18.1 Å². The molecule has 1 aliphatic rings. The van der Waals surface area contributed by atoms with E-state index in [4.69, 9.17) is 16.3 Å². The molecule has 1 aromatic heterocycles. The highest BCUT2D eigenvalue weighted by atomic mass is 35.5. The minimum absolute atomic E-state index is 0.00224. The van der Waals surface area contributed by atoms with Crippen molar-refractivity contribution >= 4 is 44.0 Å². The first-order valence-electron chi connectivity index (χ1n) is 7.74. The number of amides is 1. The molecular formula is C15H17ClN4O4S2. The first-order chi connectivity index (χ1) is 12.4. The summed E-state index contributed by atoms with van der Waals surface area (Å²) in [6, 6.07) is 4.53. The molecule has 0 saturated carbocycles. The predicted octanol–water partition coefficient (Wildman–Crippen LogP) is 1.56. The lowest BCUT2D eigenvalue weighted by molar-refractivity contribution is 0.0940. The number of rotatable bonds is 5. The molecule has 0 unspecified atom stereocenters. The molecule has 140 valence electrons. The summed E-state index contributed by atoms with van der Waals surface area (Å²) < 4.78 is 30.0. The number of hydrogen-bond donors (Lipinski definition) is 2. The molecule has 1 aromatic carbocycles. The molecular weight excluding hydrogens is 400 g/mol. The highest BCUT2D eigenvalue weighted by Gasteiger charge is 2.21. The predicted molar refractivity (Wildman–Crippen MR) is 99.1 cm³/mol. The van der Waals surface area contributed by atoms with E-state index in [2.05, 4.69) is 15.2 Å². The Labute approximate surface area is 160 Å². The van der Waals surface area contributed by atoms with Gasteiger partial charge in [-0.25, -0.2) is 13.4 Å². The SMILES string of the molecule is Cc1c(Cl)cccc1S(=O)(=O)NNC(=O)c1csc(N2CCOCC2)n1. The number of nitrogens with one attached hydrogen (secondary N) is 2. The quantitative estimate of drug-likeness (QED) is 0.717. The molecule has 1 fully saturated rings. The van der Waals surface area contributed by atoms with Gasteiger partial charge in [-0.05, 0) is 24.6 Å². The molecule has 3 rings (SSSR count). The fourth-order valence-electron chi connectivity index (χ4n) is 2.38. The van der Waals surface area contributed by atoms with Crippen molar-refractivity contribution in [3.8, 4) is 0 Å². The van der Waals surface area contributed by atoms with Crippen LogP contribution in [0.3, 0.4) is 0 Å². The van der Waals surface area contributed by atoms with Crippen molar-refractivity contribution in [1.29, 1.82) is 0 Å². The van der Waals surface area contributed by atoms with Gasteiger partial charge in [0.25, 0.3) is 15.9 Å². The van der Waals surface area contributed by atoms with Gasteiger partial charge in [0.15, 0.2) is 5.13 Å². The van der Waals surface area contributed by atoms with Crippen LogP contribution in [0.1, 0.15) is 16.1 Å². The Hall–Kier alpha value is -1.72. The van der Waals surface area contributed by atoms with Crippen LogP contribution in [0.5, 0.6) is 0 Å². The van der Waals surface area contributed by atoms with E-state index >= 15 is 0 Å². The van der Waals surface area contributed by atoms with Gasteiger partial charge in [-0.2, -0.15) is 0 Å². The van der Waals surface area contributed by atoms with E-state index in [0.717, 1.165) is 0 Å². The van der Waals surface area contributed by atoms with Crippen molar-refractivity contribution < 1.29 is 17.9 Å². The van der Waals surface area contributed by atoms with Gasteiger partial charge in [-0.3, -0.25) is 10.2 Å². The van der Waals surface area contributed by atoms with E-state index in [1.807, 2.05) is 4.90 Å². The third-order valence-corrected chi connectivity index (χ3v) is 6.52. The molecule has 1 amide bonds. The van der Waals surface area contributed by atoms with Crippen molar-refractivity contribution in [3.63, 3.8) is 0 Å². The second-order valence-corrected chi connectivity index (χ2v) is 8.43. The number of carbonyl (C=O) groups is 1. The van der Waals surface area contributed by atoms with Crippen molar-refractivity contribution in [2.75, 3.05) is 31.2 Å². The van der Waals surface area contributed by atoms with E-state index < -0.39 is 15.9 Å². The minimum Gasteiger partial charge on any atom is -0.378 e. The van der Waals surface area contributed by atoms with Crippen LogP contribution in [0.25, 0.3) is 0 Å². The Bertz CT molecular complexity index is 910. The van der Waals surface area contributed by atoms with Gasteiger partial charge in [0.1, 0.15) is 5.69 Å². The van der Waals surface area contributed by atoms with E-state index in [9.17, 15) is 13.2 Å². The summed E-state index contributed by atoms with van der Waals surface area (Å²) >= 11 is 7.28. The number of hydrazine groups is 1. The smallest absolute Gasteiger partial charge is 0.285 e. The van der Waals surface area contributed by atoms with Crippen LogP contribution in [-0.2, 0) is 14.8 Å². The standard InChI is InChI=1S/C15H17ClN4O4S2/c1-10-11(16)3-2-4-13(10)26(22,23)19-18-14(21)12-9-25-15(17-12)20-5-7-24-8-6-20/h2-4,9,19H,5-8H2,1H3,(H,18,21). The summed E-state index contributed by atoms with van der Waals surface area (Å²) in [5, 5.41) is 2.61. The summed E-state index contributed by atoms with van der Waals surface area (Å²) in [6.07, 6.45) is 0. The van der Waals surface area contributed by atoms with E-state index in [-0.39, 0.29) is 10.6 Å². The van der Waals surface area contributed by atoms with Crippen molar-refractivity contribution in [2.45, 2.75) is 11.8 Å². The monoisotopic (exact) mass is 416 g/mol. The van der Waals surface area contributed by atoms with Crippen LogP contribution in [0, 0.1) is 6.92 Å². The maximum absolute atomic E-state index is 12.4. The second-order valence-electron chi connectivity index (χ2n) is 5.54. The molecule has 1 aliphatic heterocycles. The van der Waals surface area contributed by atoms with Gasteiger partial charge in [-0.15, -0.1) is 16.2 Å². The number of nitrogens with zero attached hydrogens (tertiary/aromatic N) is 2. The zero-order valence-corrected chi connectivity index (χ0v) is 16.2. The largest absolute Gasteiger partial charge is 0.378 e. The summed E-state index contributed by atoms with van der Waals surface area (Å²) in [6.45, 7) is 4.22. The minimum atomic E-state index is -3.95. The molecule has 0 bridgehead atoms. The highest BCUT2D eigenvalue weighted by molar-refractivity contribution is 7.89. The molecule has 0 radical (unpaired) electrons. The Morgan fingerprint density at radius 2 is 2.08 bits per heavy atom.